The molecule has 20 heavy (non-hydrogen) atoms. The van der Waals surface area contributed by atoms with Crippen molar-refractivity contribution in [3.63, 3.8) is 0 Å². The number of aliphatic hydroxyl groups excluding tert-OH is 1. The lowest BCUT2D eigenvalue weighted by Gasteiger charge is -2.09. The van der Waals surface area contributed by atoms with Crippen LogP contribution in [0.15, 0.2) is 27.6 Å². The van der Waals surface area contributed by atoms with E-state index in [1.807, 2.05) is 26.2 Å². The van der Waals surface area contributed by atoms with Crippen molar-refractivity contribution in [2.45, 2.75) is 39.0 Å². The van der Waals surface area contributed by atoms with E-state index in [1.165, 1.54) is 6.07 Å². The summed E-state index contributed by atoms with van der Waals surface area (Å²) in [6, 6.07) is 1.46. The number of allylic oxidation sites excluding steroid dienone is 1. The summed E-state index contributed by atoms with van der Waals surface area (Å²) in [5, 5.41) is 12.8. The molecule has 0 aliphatic rings. The Hall–Kier alpha value is -1.97. The van der Waals surface area contributed by atoms with Gasteiger partial charge in [0.1, 0.15) is 22.2 Å². The third-order valence-electron chi connectivity index (χ3n) is 3.20. The van der Waals surface area contributed by atoms with Gasteiger partial charge in [0.2, 0.25) is 0 Å². The molecule has 1 rings (SSSR count). The topological polar surface area (TPSA) is 62.5 Å². The normalized spacial score (nSPS) is 14.3. The fourth-order valence-corrected chi connectivity index (χ4v) is 1.97. The Balaban J connectivity index is 3.03. The van der Waals surface area contributed by atoms with E-state index in [0.29, 0.717) is 12.2 Å². The van der Waals surface area contributed by atoms with E-state index >= 15 is 0 Å². The van der Waals surface area contributed by atoms with Crippen LogP contribution >= 0.6 is 0 Å². The van der Waals surface area contributed by atoms with Crippen LogP contribution in [0.4, 0.5) is 0 Å². The summed E-state index contributed by atoms with van der Waals surface area (Å²) in [6.45, 7) is 7.52. The molecule has 1 aromatic heterocycles. The van der Waals surface area contributed by atoms with Gasteiger partial charge < -0.3 is 14.8 Å². The number of nitrogens with one attached hydrogen (secondary N) is 1. The zero-order valence-corrected chi connectivity index (χ0v) is 12.4. The number of rotatable bonds is 6. The standard InChI is InChI=1S/C16H23NO3/c1-5-13(18)16-12(3)20-15(10-14(16)19)11(2)8-6-7-9-17-4/h7,9-11,17-18H,3,5-6,8H2,1-2,4H3/b9-7+,16-13?. The van der Waals surface area contributed by atoms with E-state index in [1.54, 1.807) is 6.92 Å². The summed E-state index contributed by atoms with van der Waals surface area (Å²) in [4.78, 5) is 12.0. The molecule has 0 bridgehead atoms. The molecule has 0 aliphatic carbocycles. The zero-order valence-electron chi connectivity index (χ0n) is 12.4. The Morgan fingerprint density at radius 3 is 2.85 bits per heavy atom. The lowest BCUT2D eigenvalue weighted by molar-refractivity contribution is 0.414. The average Bonchev–Trinajstić information content (AvgIpc) is 2.42. The molecule has 0 radical (unpaired) electrons. The predicted octanol–water partition coefficient (Wildman–Crippen LogP) is 1.74. The van der Waals surface area contributed by atoms with E-state index in [2.05, 4.69) is 11.9 Å². The first-order chi connectivity index (χ1) is 9.51. The largest absolute Gasteiger partial charge is 0.511 e. The van der Waals surface area contributed by atoms with E-state index < -0.39 is 0 Å². The minimum atomic E-state index is -0.229. The minimum Gasteiger partial charge on any atom is -0.511 e. The summed E-state index contributed by atoms with van der Waals surface area (Å²) in [5.74, 6) is 0.771. The lowest BCUT2D eigenvalue weighted by atomic mass is 10.0. The van der Waals surface area contributed by atoms with Crippen LogP contribution in [0, 0.1) is 0 Å². The predicted molar refractivity (Wildman–Crippen MR) is 81.9 cm³/mol. The molecule has 4 heteroatoms. The summed E-state index contributed by atoms with van der Waals surface area (Å²) in [7, 11) is 1.85. The summed E-state index contributed by atoms with van der Waals surface area (Å²) in [6.07, 6.45) is 6.07. The molecule has 110 valence electrons. The first-order valence-corrected chi connectivity index (χ1v) is 6.88. The molecule has 1 heterocycles. The maximum Gasteiger partial charge on any atom is 0.196 e. The monoisotopic (exact) mass is 277 g/mol. The smallest absolute Gasteiger partial charge is 0.196 e. The quantitative estimate of drug-likeness (QED) is 0.831. The molecule has 0 aromatic carbocycles. The molecule has 4 nitrogen and oxygen atoms in total. The molecule has 1 aromatic rings. The van der Waals surface area contributed by atoms with Crippen LogP contribution < -0.4 is 21.4 Å². The molecule has 0 aliphatic heterocycles. The molecule has 0 amide bonds. The van der Waals surface area contributed by atoms with Crippen LogP contribution in [-0.2, 0) is 0 Å². The maximum atomic E-state index is 12.0. The van der Waals surface area contributed by atoms with Crippen molar-refractivity contribution in [2.75, 3.05) is 7.05 Å². The molecule has 0 saturated heterocycles. The second-order valence-corrected chi connectivity index (χ2v) is 4.78. The van der Waals surface area contributed by atoms with Gasteiger partial charge in [-0.15, -0.1) is 0 Å². The van der Waals surface area contributed by atoms with Crippen LogP contribution in [0.2, 0.25) is 0 Å². The minimum absolute atomic E-state index is 0.0277. The molecular weight excluding hydrogens is 254 g/mol. The van der Waals surface area contributed by atoms with Crippen molar-refractivity contribution in [3.8, 4) is 0 Å². The summed E-state index contributed by atoms with van der Waals surface area (Å²) >= 11 is 0. The molecular formula is C16H23NO3. The van der Waals surface area contributed by atoms with Gasteiger partial charge in [0.15, 0.2) is 5.43 Å². The Labute approximate surface area is 119 Å². The fourth-order valence-electron chi connectivity index (χ4n) is 1.97. The van der Waals surface area contributed by atoms with Crippen molar-refractivity contribution < 1.29 is 9.52 Å². The number of hydrogen-bond donors (Lipinski definition) is 2. The molecule has 1 atom stereocenters. The van der Waals surface area contributed by atoms with Gasteiger partial charge in [0, 0.05) is 25.5 Å². The second kappa shape index (κ2) is 7.58. The molecule has 0 saturated carbocycles. The van der Waals surface area contributed by atoms with Crippen LogP contribution in [0.3, 0.4) is 0 Å². The van der Waals surface area contributed by atoms with Gasteiger partial charge in [0.05, 0.1) is 0 Å². The SMILES string of the molecule is C=c1oc(C(C)CC/C=C/NC)cc(=O)c1=C(O)CC. The molecule has 2 N–H and O–H groups in total. The van der Waals surface area contributed by atoms with E-state index in [4.69, 9.17) is 4.42 Å². The van der Waals surface area contributed by atoms with Crippen molar-refractivity contribution in [1.29, 1.82) is 0 Å². The fraction of sp³-hybridized carbons (Fsp3) is 0.438. The van der Waals surface area contributed by atoms with Gasteiger partial charge >= 0.3 is 0 Å². The summed E-state index contributed by atoms with van der Waals surface area (Å²) < 4.78 is 5.60. The van der Waals surface area contributed by atoms with Crippen molar-refractivity contribution in [2.24, 2.45) is 0 Å². The van der Waals surface area contributed by atoms with Gasteiger partial charge in [-0.25, -0.2) is 0 Å². The van der Waals surface area contributed by atoms with Gasteiger partial charge in [-0.1, -0.05) is 26.5 Å². The van der Waals surface area contributed by atoms with E-state index in [0.717, 1.165) is 12.8 Å². The highest BCUT2D eigenvalue weighted by molar-refractivity contribution is 5.33. The van der Waals surface area contributed by atoms with Crippen LogP contribution in [-0.4, -0.2) is 12.2 Å². The molecule has 0 fully saturated rings. The van der Waals surface area contributed by atoms with Gasteiger partial charge in [-0.2, -0.15) is 0 Å². The highest BCUT2D eigenvalue weighted by atomic mass is 16.3. The van der Waals surface area contributed by atoms with E-state index in [9.17, 15) is 9.90 Å². The third-order valence-corrected chi connectivity index (χ3v) is 3.20. The molecule has 1 unspecified atom stereocenters. The summed E-state index contributed by atoms with van der Waals surface area (Å²) in [5.41, 5.74) is 0.0117. The Bertz CT molecular complexity index is 594. The van der Waals surface area contributed by atoms with Crippen LogP contribution in [0.1, 0.15) is 44.8 Å². The third kappa shape index (κ3) is 4.02. The average molecular weight is 277 g/mol. The number of aliphatic hydroxyl groups is 1. The lowest BCUT2D eigenvalue weighted by Crippen LogP contribution is -2.40. The van der Waals surface area contributed by atoms with Gasteiger partial charge in [-0.05, 0) is 19.0 Å². The van der Waals surface area contributed by atoms with Crippen molar-refractivity contribution in [3.05, 3.63) is 45.0 Å². The Kier molecular flexibility index (Phi) is 6.10. The zero-order chi connectivity index (χ0) is 15.1. The molecule has 0 spiro atoms. The first kappa shape index (κ1) is 16.1. The van der Waals surface area contributed by atoms with Crippen molar-refractivity contribution in [1.82, 2.24) is 5.32 Å². The maximum absolute atomic E-state index is 12.0. The Morgan fingerprint density at radius 2 is 2.30 bits per heavy atom. The van der Waals surface area contributed by atoms with Crippen LogP contribution in [0.25, 0.3) is 12.3 Å². The second-order valence-electron chi connectivity index (χ2n) is 4.78. The number of hydrogen-bond acceptors (Lipinski definition) is 4. The highest BCUT2D eigenvalue weighted by Gasteiger charge is 2.10. The van der Waals surface area contributed by atoms with Crippen LogP contribution in [0.5, 0.6) is 0 Å². The first-order valence-electron chi connectivity index (χ1n) is 6.88. The highest BCUT2D eigenvalue weighted by Crippen LogP contribution is 2.17. The van der Waals surface area contributed by atoms with E-state index in [-0.39, 0.29) is 27.7 Å². The Morgan fingerprint density at radius 1 is 1.60 bits per heavy atom. The van der Waals surface area contributed by atoms with Crippen molar-refractivity contribution >= 4 is 12.3 Å². The van der Waals surface area contributed by atoms with Gasteiger partial charge in [-0.3, -0.25) is 4.79 Å². The van der Waals surface area contributed by atoms with Gasteiger partial charge in [0.25, 0.3) is 0 Å².